The largest absolute Gasteiger partial charge is 0.355 e. The normalized spacial score (nSPS) is 24.1. The van der Waals surface area contributed by atoms with Crippen LogP contribution in [0.5, 0.6) is 0 Å². The third-order valence-corrected chi connectivity index (χ3v) is 4.59. The molecule has 2 saturated carbocycles. The first-order chi connectivity index (χ1) is 7.76. The van der Waals surface area contributed by atoms with E-state index in [1.165, 1.54) is 38.5 Å². The molecule has 16 heavy (non-hydrogen) atoms. The van der Waals surface area contributed by atoms with Gasteiger partial charge in [0.2, 0.25) is 5.91 Å². The fraction of sp³-hybridized carbons (Fsp3) is 0.923. The maximum atomic E-state index is 12.0. The second kappa shape index (κ2) is 5.52. The molecule has 0 aromatic rings. The molecule has 1 N–H and O–H groups in total. The summed E-state index contributed by atoms with van der Waals surface area (Å²) >= 11 is 3.50. The van der Waals surface area contributed by atoms with Crippen LogP contribution in [0.4, 0.5) is 0 Å². The highest BCUT2D eigenvalue weighted by atomic mass is 79.9. The second-order valence-electron chi connectivity index (χ2n) is 5.49. The molecule has 0 aromatic heterocycles. The number of halogens is 1. The summed E-state index contributed by atoms with van der Waals surface area (Å²) in [6.07, 6.45) is 9.81. The maximum absolute atomic E-state index is 12.0. The smallest absolute Gasteiger partial charge is 0.223 e. The van der Waals surface area contributed by atoms with E-state index < -0.39 is 0 Å². The minimum absolute atomic E-state index is 0.313. The fourth-order valence-electron chi connectivity index (χ4n) is 2.68. The fourth-order valence-corrected chi connectivity index (χ4v) is 3.52. The standard InChI is InChI=1S/C13H22BrNO/c14-9-8-13(6-7-13)10-15-12(16)11-4-2-1-3-5-11/h11H,1-10H2,(H,15,16). The van der Waals surface area contributed by atoms with Gasteiger partial charge in [-0.25, -0.2) is 0 Å². The van der Waals surface area contributed by atoms with Crippen LogP contribution in [0.15, 0.2) is 0 Å². The molecule has 0 radical (unpaired) electrons. The molecule has 2 fully saturated rings. The van der Waals surface area contributed by atoms with Crippen molar-refractivity contribution in [2.75, 3.05) is 11.9 Å². The number of carbonyl (C=O) groups excluding carboxylic acids is 1. The molecule has 0 atom stereocenters. The molecular formula is C13H22BrNO. The molecule has 0 saturated heterocycles. The SMILES string of the molecule is O=C(NCC1(CCBr)CC1)C1CCCCC1. The zero-order valence-corrected chi connectivity index (χ0v) is 11.5. The zero-order valence-electron chi connectivity index (χ0n) is 9.93. The molecule has 2 nitrogen and oxygen atoms in total. The summed E-state index contributed by atoms with van der Waals surface area (Å²) in [7, 11) is 0. The van der Waals surface area contributed by atoms with Crippen molar-refractivity contribution in [2.24, 2.45) is 11.3 Å². The van der Waals surface area contributed by atoms with E-state index >= 15 is 0 Å². The molecule has 0 aromatic carbocycles. The van der Waals surface area contributed by atoms with Gasteiger partial charge >= 0.3 is 0 Å². The molecule has 1 amide bonds. The van der Waals surface area contributed by atoms with Gasteiger partial charge in [-0.2, -0.15) is 0 Å². The van der Waals surface area contributed by atoms with E-state index in [9.17, 15) is 4.79 Å². The van der Waals surface area contributed by atoms with Crippen LogP contribution < -0.4 is 5.32 Å². The topological polar surface area (TPSA) is 29.1 Å². The van der Waals surface area contributed by atoms with Gasteiger partial charge in [-0.05, 0) is 37.5 Å². The minimum atomic E-state index is 0.313. The van der Waals surface area contributed by atoms with Gasteiger partial charge in [0, 0.05) is 17.8 Å². The van der Waals surface area contributed by atoms with E-state index in [4.69, 9.17) is 0 Å². The number of carbonyl (C=O) groups is 1. The Hall–Kier alpha value is -0.0500. The Morgan fingerprint density at radius 3 is 2.50 bits per heavy atom. The Balaban J connectivity index is 1.70. The van der Waals surface area contributed by atoms with E-state index in [0.29, 0.717) is 17.2 Å². The first kappa shape index (κ1) is 12.4. The summed E-state index contributed by atoms with van der Waals surface area (Å²) in [6, 6.07) is 0. The van der Waals surface area contributed by atoms with Crippen molar-refractivity contribution < 1.29 is 4.79 Å². The average Bonchev–Trinajstić information content (AvgIpc) is 3.08. The zero-order chi connectivity index (χ0) is 11.4. The summed E-state index contributed by atoms with van der Waals surface area (Å²) in [5.41, 5.74) is 0.452. The van der Waals surface area contributed by atoms with E-state index in [1.54, 1.807) is 0 Å². The van der Waals surface area contributed by atoms with Gasteiger partial charge in [-0.15, -0.1) is 0 Å². The van der Waals surface area contributed by atoms with Gasteiger partial charge in [0.05, 0.1) is 0 Å². The summed E-state index contributed by atoms with van der Waals surface area (Å²) in [6.45, 7) is 0.911. The average molecular weight is 288 g/mol. The van der Waals surface area contributed by atoms with Crippen molar-refractivity contribution in [1.29, 1.82) is 0 Å². The van der Waals surface area contributed by atoms with Gasteiger partial charge in [0.1, 0.15) is 0 Å². The van der Waals surface area contributed by atoms with E-state index in [2.05, 4.69) is 21.2 Å². The summed E-state index contributed by atoms with van der Waals surface area (Å²) in [5.74, 6) is 0.633. The van der Waals surface area contributed by atoms with Crippen LogP contribution in [0.1, 0.15) is 51.4 Å². The number of amides is 1. The number of rotatable bonds is 5. The highest BCUT2D eigenvalue weighted by molar-refractivity contribution is 9.09. The van der Waals surface area contributed by atoms with Crippen LogP contribution in [0.2, 0.25) is 0 Å². The molecule has 0 bridgehead atoms. The van der Waals surface area contributed by atoms with Gasteiger partial charge in [-0.3, -0.25) is 4.79 Å². The maximum Gasteiger partial charge on any atom is 0.223 e. The van der Waals surface area contributed by atoms with E-state index in [0.717, 1.165) is 24.7 Å². The lowest BCUT2D eigenvalue weighted by Crippen LogP contribution is -2.36. The molecule has 2 rings (SSSR count). The molecule has 3 heteroatoms. The summed E-state index contributed by atoms with van der Waals surface area (Å²) in [5, 5.41) is 4.24. The van der Waals surface area contributed by atoms with Gasteiger partial charge in [-0.1, -0.05) is 35.2 Å². The third kappa shape index (κ3) is 3.22. The highest BCUT2D eigenvalue weighted by Crippen LogP contribution is 2.48. The molecule has 0 unspecified atom stereocenters. The van der Waals surface area contributed by atoms with Crippen LogP contribution in [-0.4, -0.2) is 17.8 Å². The molecule has 0 heterocycles. The quantitative estimate of drug-likeness (QED) is 0.773. The predicted molar refractivity (Wildman–Crippen MR) is 69.7 cm³/mol. The van der Waals surface area contributed by atoms with E-state index in [1.807, 2.05) is 0 Å². The van der Waals surface area contributed by atoms with Gasteiger partial charge in [0.25, 0.3) is 0 Å². The second-order valence-corrected chi connectivity index (χ2v) is 6.28. The van der Waals surface area contributed by atoms with Crippen molar-refractivity contribution in [2.45, 2.75) is 51.4 Å². The molecule has 2 aliphatic rings. The van der Waals surface area contributed by atoms with Gasteiger partial charge < -0.3 is 5.32 Å². The van der Waals surface area contributed by atoms with Crippen LogP contribution >= 0.6 is 15.9 Å². The molecule has 0 aliphatic heterocycles. The molecule has 0 spiro atoms. The Kier molecular flexibility index (Phi) is 4.28. The van der Waals surface area contributed by atoms with Crippen molar-refractivity contribution in [3.8, 4) is 0 Å². The lowest BCUT2D eigenvalue weighted by atomic mass is 9.88. The van der Waals surface area contributed by atoms with Crippen LogP contribution in [0.3, 0.4) is 0 Å². The Morgan fingerprint density at radius 2 is 1.94 bits per heavy atom. The Morgan fingerprint density at radius 1 is 1.25 bits per heavy atom. The molecule has 92 valence electrons. The Bertz CT molecular complexity index is 244. The van der Waals surface area contributed by atoms with Crippen LogP contribution in [0.25, 0.3) is 0 Å². The predicted octanol–water partition coefficient (Wildman–Crippen LogP) is 3.25. The molecule has 2 aliphatic carbocycles. The number of alkyl halides is 1. The lowest BCUT2D eigenvalue weighted by molar-refractivity contribution is -0.126. The van der Waals surface area contributed by atoms with Crippen molar-refractivity contribution in [1.82, 2.24) is 5.32 Å². The van der Waals surface area contributed by atoms with Crippen LogP contribution in [0, 0.1) is 11.3 Å². The summed E-state index contributed by atoms with van der Waals surface area (Å²) in [4.78, 5) is 12.0. The first-order valence-electron chi connectivity index (χ1n) is 6.59. The number of hydrogen-bond donors (Lipinski definition) is 1. The minimum Gasteiger partial charge on any atom is -0.355 e. The lowest BCUT2D eigenvalue weighted by Gasteiger charge is -2.22. The van der Waals surface area contributed by atoms with Gasteiger partial charge in [0.15, 0.2) is 0 Å². The van der Waals surface area contributed by atoms with Crippen molar-refractivity contribution >= 4 is 21.8 Å². The van der Waals surface area contributed by atoms with Crippen LogP contribution in [-0.2, 0) is 4.79 Å². The summed E-state index contributed by atoms with van der Waals surface area (Å²) < 4.78 is 0. The number of nitrogens with one attached hydrogen (secondary N) is 1. The Labute approximate surface area is 107 Å². The first-order valence-corrected chi connectivity index (χ1v) is 7.72. The van der Waals surface area contributed by atoms with E-state index in [-0.39, 0.29) is 0 Å². The molecular weight excluding hydrogens is 266 g/mol. The third-order valence-electron chi connectivity index (χ3n) is 4.20. The monoisotopic (exact) mass is 287 g/mol. The number of hydrogen-bond acceptors (Lipinski definition) is 1. The van der Waals surface area contributed by atoms with Crippen molar-refractivity contribution in [3.63, 3.8) is 0 Å². The highest BCUT2D eigenvalue weighted by Gasteiger charge is 2.42. The van der Waals surface area contributed by atoms with Crippen molar-refractivity contribution in [3.05, 3.63) is 0 Å².